The normalized spacial score (nSPS) is 15.9. The van der Waals surface area contributed by atoms with Gasteiger partial charge in [0.1, 0.15) is 12.1 Å². The van der Waals surface area contributed by atoms with Crippen LogP contribution < -0.4 is 10.6 Å². The van der Waals surface area contributed by atoms with Gasteiger partial charge in [0.25, 0.3) is 0 Å². The van der Waals surface area contributed by atoms with Gasteiger partial charge in [0.15, 0.2) is 0 Å². The van der Waals surface area contributed by atoms with E-state index in [0.29, 0.717) is 0 Å². The van der Waals surface area contributed by atoms with Gasteiger partial charge in [0.05, 0.1) is 5.69 Å². The number of hydrogen-bond acceptors (Lipinski definition) is 6. The van der Waals surface area contributed by atoms with Crippen LogP contribution in [-0.4, -0.2) is 41.3 Å². The number of aliphatic hydroxyl groups excluding tert-OH is 1. The number of nitrogens with one attached hydrogen (secondary N) is 2. The van der Waals surface area contributed by atoms with E-state index in [1.54, 1.807) is 17.7 Å². The standard InChI is InChI=1S/C16H22N4OS/c21-10-12(8-13-2-1-7-22-13)9-18-16-14-3-5-17-6-4-15(14)19-11-20-16/h1-2,7,11-12,17,21H,3-6,8-10H2,(H,18,19,20)/t12-/m1/s1. The van der Waals surface area contributed by atoms with Crippen molar-refractivity contribution in [2.75, 3.05) is 31.6 Å². The quantitative estimate of drug-likeness (QED) is 0.753. The van der Waals surface area contributed by atoms with E-state index in [0.717, 1.165) is 50.4 Å². The Labute approximate surface area is 134 Å². The van der Waals surface area contributed by atoms with Gasteiger partial charge in [0.2, 0.25) is 0 Å². The van der Waals surface area contributed by atoms with Crippen molar-refractivity contribution >= 4 is 17.2 Å². The molecule has 0 bridgehead atoms. The fraction of sp³-hybridized carbons (Fsp3) is 0.500. The first-order chi connectivity index (χ1) is 10.9. The van der Waals surface area contributed by atoms with Crippen LogP contribution in [0.2, 0.25) is 0 Å². The average molecular weight is 318 g/mol. The van der Waals surface area contributed by atoms with Crippen molar-refractivity contribution in [1.29, 1.82) is 0 Å². The van der Waals surface area contributed by atoms with Crippen LogP contribution in [0.3, 0.4) is 0 Å². The number of aliphatic hydroxyl groups is 1. The lowest BCUT2D eigenvalue weighted by molar-refractivity contribution is 0.233. The molecule has 6 heteroatoms. The number of thiophene rings is 1. The maximum Gasteiger partial charge on any atom is 0.132 e. The number of nitrogens with zero attached hydrogens (tertiary/aromatic N) is 2. The summed E-state index contributed by atoms with van der Waals surface area (Å²) in [7, 11) is 0. The summed E-state index contributed by atoms with van der Waals surface area (Å²) in [5, 5.41) is 18.5. The largest absolute Gasteiger partial charge is 0.396 e. The van der Waals surface area contributed by atoms with E-state index < -0.39 is 0 Å². The Morgan fingerprint density at radius 3 is 3.05 bits per heavy atom. The predicted molar refractivity (Wildman–Crippen MR) is 89.4 cm³/mol. The molecule has 0 aromatic carbocycles. The van der Waals surface area contributed by atoms with E-state index in [4.69, 9.17) is 0 Å². The van der Waals surface area contributed by atoms with Crippen LogP contribution in [0, 0.1) is 5.92 Å². The zero-order valence-corrected chi connectivity index (χ0v) is 13.4. The summed E-state index contributed by atoms with van der Waals surface area (Å²) in [5.74, 6) is 1.13. The molecule has 3 heterocycles. The Bertz CT molecular complexity index is 588. The zero-order valence-electron chi connectivity index (χ0n) is 12.6. The predicted octanol–water partition coefficient (Wildman–Crippen LogP) is 1.49. The summed E-state index contributed by atoms with van der Waals surface area (Å²) < 4.78 is 0. The van der Waals surface area contributed by atoms with Crippen molar-refractivity contribution in [3.63, 3.8) is 0 Å². The SMILES string of the molecule is OC[C@@H](CNc1ncnc2c1CCNCC2)Cc1cccs1. The van der Waals surface area contributed by atoms with Crippen molar-refractivity contribution in [2.24, 2.45) is 5.92 Å². The van der Waals surface area contributed by atoms with E-state index in [-0.39, 0.29) is 12.5 Å². The molecule has 2 aromatic heterocycles. The second-order valence-electron chi connectivity index (χ2n) is 5.61. The molecule has 0 unspecified atom stereocenters. The van der Waals surface area contributed by atoms with Gasteiger partial charge in [-0.1, -0.05) is 6.07 Å². The Morgan fingerprint density at radius 2 is 2.23 bits per heavy atom. The van der Waals surface area contributed by atoms with Gasteiger partial charge in [-0.2, -0.15) is 0 Å². The van der Waals surface area contributed by atoms with Gasteiger partial charge >= 0.3 is 0 Å². The van der Waals surface area contributed by atoms with Gasteiger partial charge in [-0.25, -0.2) is 9.97 Å². The average Bonchev–Trinajstić information content (AvgIpc) is 2.93. The van der Waals surface area contributed by atoms with E-state index in [9.17, 15) is 5.11 Å². The van der Waals surface area contributed by atoms with Crippen molar-refractivity contribution in [1.82, 2.24) is 15.3 Å². The molecule has 0 fully saturated rings. The molecule has 0 radical (unpaired) electrons. The number of aromatic nitrogens is 2. The Kier molecular flexibility index (Phi) is 5.37. The third kappa shape index (κ3) is 3.82. The summed E-state index contributed by atoms with van der Waals surface area (Å²) >= 11 is 1.74. The van der Waals surface area contributed by atoms with Gasteiger partial charge in [-0.05, 0) is 30.8 Å². The second kappa shape index (κ2) is 7.67. The van der Waals surface area contributed by atoms with Crippen molar-refractivity contribution in [3.05, 3.63) is 40.0 Å². The first-order valence-corrected chi connectivity index (χ1v) is 8.65. The fourth-order valence-electron chi connectivity index (χ4n) is 2.78. The highest BCUT2D eigenvalue weighted by Crippen LogP contribution is 2.20. The molecule has 1 aliphatic heterocycles. The molecule has 3 N–H and O–H groups in total. The smallest absolute Gasteiger partial charge is 0.132 e. The van der Waals surface area contributed by atoms with Gasteiger partial charge < -0.3 is 15.7 Å². The Morgan fingerprint density at radius 1 is 1.32 bits per heavy atom. The molecule has 118 valence electrons. The molecule has 0 aliphatic carbocycles. The number of fused-ring (bicyclic) bond motifs is 1. The lowest BCUT2D eigenvalue weighted by Gasteiger charge is -2.17. The van der Waals surface area contributed by atoms with Crippen LogP contribution in [0.5, 0.6) is 0 Å². The summed E-state index contributed by atoms with van der Waals surface area (Å²) in [5.41, 5.74) is 2.36. The third-order valence-corrected chi connectivity index (χ3v) is 4.91. The topological polar surface area (TPSA) is 70.1 Å². The van der Waals surface area contributed by atoms with Gasteiger partial charge in [-0.15, -0.1) is 11.3 Å². The molecule has 2 aromatic rings. The number of hydrogen-bond donors (Lipinski definition) is 3. The lowest BCUT2D eigenvalue weighted by atomic mass is 10.1. The van der Waals surface area contributed by atoms with Crippen LogP contribution in [0.1, 0.15) is 16.1 Å². The molecule has 1 aliphatic rings. The van der Waals surface area contributed by atoms with E-state index in [1.165, 1.54) is 10.4 Å². The first-order valence-electron chi connectivity index (χ1n) is 7.77. The van der Waals surface area contributed by atoms with Gasteiger partial charge in [-0.3, -0.25) is 0 Å². The number of anilines is 1. The molecule has 0 saturated heterocycles. The molecule has 3 rings (SSSR count). The molecule has 22 heavy (non-hydrogen) atoms. The molecule has 0 spiro atoms. The van der Waals surface area contributed by atoms with Crippen LogP contribution >= 0.6 is 11.3 Å². The van der Waals surface area contributed by atoms with E-state index in [1.807, 2.05) is 0 Å². The molecule has 0 amide bonds. The third-order valence-electron chi connectivity index (χ3n) is 4.01. The van der Waals surface area contributed by atoms with E-state index >= 15 is 0 Å². The first kappa shape index (κ1) is 15.4. The molecule has 0 saturated carbocycles. The van der Waals surface area contributed by atoms with E-state index in [2.05, 4.69) is 38.1 Å². The van der Waals surface area contributed by atoms with Crippen molar-refractivity contribution < 1.29 is 5.11 Å². The highest BCUT2D eigenvalue weighted by atomic mass is 32.1. The minimum Gasteiger partial charge on any atom is -0.396 e. The summed E-state index contributed by atoms with van der Waals surface area (Å²) in [6.45, 7) is 2.85. The van der Waals surface area contributed by atoms with Crippen LogP contribution in [0.25, 0.3) is 0 Å². The molecular formula is C16H22N4OS. The number of rotatable bonds is 6. The van der Waals surface area contributed by atoms with Gasteiger partial charge in [0, 0.05) is 42.5 Å². The molecule has 1 atom stereocenters. The highest BCUT2D eigenvalue weighted by Gasteiger charge is 2.15. The maximum absolute atomic E-state index is 9.61. The van der Waals surface area contributed by atoms with Crippen LogP contribution in [0.15, 0.2) is 23.8 Å². The zero-order chi connectivity index (χ0) is 15.2. The molecule has 5 nitrogen and oxygen atoms in total. The summed E-state index contributed by atoms with van der Waals surface area (Å²) in [6, 6.07) is 4.18. The lowest BCUT2D eigenvalue weighted by Crippen LogP contribution is -2.21. The Balaban J connectivity index is 1.65. The summed E-state index contributed by atoms with van der Waals surface area (Å²) in [6.07, 6.45) is 4.44. The summed E-state index contributed by atoms with van der Waals surface area (Å²) in [4.78, 5) is 10.1. The van der Waals surface area contributed by atoms with Crippen LogP contribution in [0.4, 0.5) is 5.82 Å². The van der Waals surface area contributed by atoms with Crippen LogP contribution in [-0.2, 0) is 19.3 Å². The second-order valence-corrected chi connectivity index (χ2v) is 6.64. The Hall–Kier alpha value is -1.50. The highest BCUT2D eigenvalue weighted by molar-refractivity contribution is 7.09. The monoisotopic (exact) mass is 318 g/mol. The maximum atomic E-state index is 9.61. The van der Waals surface area contributed by atoms with Crippen molar-refractivity contribution in [3.8, 4) is 0 Å². The minimum atomic E-state index is 0.180. The molecular weight excluding hydrogens is 296 g/mol. The minimum absolute atomic E-state index is 0.180. The van der Waals surface area contributed by atoms with Crippen molar-refractivity contribution in [2.45, 2.75) is 19.3 Å². The fourth-order valence-corrected chi connectivity index (χ4v) is 3.60.